The average Bonchev–Trinajstić information content (AvgIpc) is 3.33. The maximum Gasteiger partial charge on any atom is 0.416 e. The minimum absolute atomic E-state index is 0.251. The van der Waals surface area contributed by atoms with E-state index in [4.69, 9.17) is 9.47 Å². The molecular weight excluding hydrogens is 565 g/mol. The van der Waals surface area contributed by atoms with Crippen LogP contribution in [0.2, 0.25) is 0 Å². The number of hydrogen-bond acceptors (Lipinski definition) is 6. The van der Waals surface area contributed by atoms with Gasteiger partial charge in [0.25, 0.3) is 0 Å². The fourth-order valence-corrected chi connectivity index (χ4v) is 6.28. The van der Waals surface area contributed by atoms with E-state index in [9.17, 15) is 26.4 Å². The molecule has 40 heavy (non-hydrogen) atoms. The predicted molar refractivity (Wildman–Crippen MR) is 148 cm³/mol. The number of amides is 1. The molecule has 2 aromatic carbocycles. The van der Waals surface area contributed by atoms with E-state index in [-0.39, 0.29) is 19.6 Å². The molecule has 1 aromatic heterocycles. The Labute approximate surface area is 236 Å². The highest BCUT2D eigenvalue weighted by Crippen LogP contribution is 2.31. The van der Waals surface area contributed by atoms with E-state index in [1.807, 2.05) is 24.4 Å². The third kappa shape index (κ3) is 7.64. The molecule has 0 aliphatic carbocycles. The summed E-state index contributed by atoms with van der Waals surface area (Å²) in [6.07, 6.45) is -2.99. The van der Waals surface area contributed by atoms with E-state index < -0.39 is 39.1 Å². The summed E-state index contributed by atoms with van der Waals surface area (Å²) in [6.45, 7) is 5.17. The molecule has 216 valence electrons. The van der Waals surface area contributed by atoms with Crippen LogP contribution in [0, 0.1) is 6.92 Å². The first kappa shape index (κ1) is 31.2. The van der Waals surface area contributed by atoms with Crippen molar-refractivity contribution in [3.63, 3.8) is 0 Å². The van der Waals surface area contributed by atoms with Crippen LogP contribution in [-0.4, -0.2) is 57.4 Å². The summed E-state index contributed by atoms with van der Waals surface area (Å²) in [6, 6.07) is 10.8. The summed E-state index contributed by atoms with van der Waals surface area (Å²) in [4.78, 5) is 15.5. The van der Waals surface area contributed by atoms with Crippen molar-refractivity contribution in [2.24, 2.45) is 0 Å². The van der Waals surface area contributed by atoms with Crippen LogP contribution in [0.3, 0.4) is 0 Å². The Morgan fingerprint density at radius 3 is 2.40 bits per heavy atom. The van der Waals surface area contributed by atoms with E-state index >= 15 is 0 Å². The van der Waals surface area contributed by atoms with Crippen molar-refractivity contribution in [2.45, 2.75) is 31.0 Å². The molecule has 0 atom stereocenters. The molecule has 0 unspecified atom stereocenters. The minimum Gasteiger partial charge on any atom is -0.493 e. The fraction of sp³-hybridized carbons (Fsp3) is 0.321. The highest BCUT2D eigenvalue weighted by Gasteiger charge is 2.34. The van der Waals surface area contributed by atoms with Crippen molar-refractivity contribution >= 4 is 27.3 Å². The Bertz CT molecular complexity index is 1440. The van der Waals surface area contributed by atoms with Crippen LogP contribution in [0.1, 0.15) is 21.6 Å². The summed E-state index contributed by atoms with van der Waals surface area (Å²) < 4.78 is 77.9. The SMILES string of the molecule is C=CCN(CC(=O)N(CCc1ccc(OC)c(OC)c1)Cc1sccc1C)S(=O)(=O)c1cccc(C(F)(F)F)c1. The lowest BCUT2D eigenvalue weighted by molar-refractivity contribution is -0.137. The zero-order chi connectivity index (χ0) is 29.5. The number of alkyl halides is 3. The third-order valence-electron chi connectivity index (χ3n) is 6.22. The quantitative estimate of drug-likeness (QED) is 0.242. The number of ether oxygens (including phenoxy) is 2. The summed E-state index contributed by atoms with van der Waals surface area (Å²) in [5, 5.41) is 1.91. The number of carbonyl (C=O) groups excluding carboxylic acids is 1. The van der Waals surface area contributed by atoms with Crippen LogP contribution in [0.4, 0.5) is 13.2 Å². The van der Waals surface area contributed by atoms with Crippen LogP contribution < -0.4 is 9.47 Å². The van der Waals surface area contributed by atoms with Crippen molar-refractivity contribution in [1.29, 1.82) is 0 Å². The van der Waals surface area contributed by atoms with Gasteiger partial charge in [-0.3, -0.25) is 4.79 Å². The second-order valence-electron chi connectivity index (χ2n) is 8.89. The number of benzene rings is 2. The molecule has 0 aliphatic heterocycles. The molecule has 12 heteroatoms. The summed E-state index contributed by atoms with van der Waals surface area (Å²) in [5.74, 6) is 0.607. The molecular formula is C28H31F3N2O5S2. The maximum atomic E-state index is 13.6. The van der Waals surface area contributed by atoms with Crippen LogP contribution in [0.5, 0.6) is 11.5 Å². The van der Waals surface area contributed by atoms with Gasteiger partial charge >= 0.3 is 6.18 Å². The summed E-state index contributed by atoms with van der Waals surface area (Å²) in [7, 11) is -1.39. The van der Waals surface area contributed by atoms with Crippen molar-refractivity contribution in [1.82, 2.24) is 9.21 Å². The van der Waals surface area contributed by atoms with Gasteiger partial charge in [0, 0.05) is 18.0 Å². The van der Waals surface area contributed by atoms with E-state index in [1.54, 1.807) is 17.0 Å². The number of halogens is 3. The van der Waals surface area contributed by atoms with Crippen LogP contribution >= 0.6 is 11.3 Å². The molecule has 0 saturated heterocycles. The molecule has 0 radical (unpaired) electrons. The van der Waals surface area contributed by atoms with Crippen LogP contribution in [0.15, 0.2) is 71.5 Å². The summed E-state index contributed by atoms with van der Waals surface area (Å²) in [5.41, 5.74) is 0.773. The van der Waals surface area contributed by atoms with Crippen LogP contribution in [0.25, 0.3) is 0 Å². The Hall–Kier alpha value is -3.35. The molecule has 0 saturated carbocycles. The number of aryl methyl sites for hydroxylation is 1. The Kier molecular flexibility index (Phi) is 10.4. The van der Waals surface area contributed by atoms with Gasteiger partial charge in [-0.25, -0.2) is 8.42 Å². The van der Waals surface area contributed by atoms with E-state index in [1.165, 1.54) is 31.6 Å². The molecule has 1 amide bonds. The number of carbonyl (C=O) groups is 1. The van der Waals surface area contributed by atoms with Crippen molar-refractivity contribution in [3.8, 4) is 11.5 Å². The van der Waals surface area contributed by atoms with E-state index in [0.29, 0.717) is 24.0 Å². The van der Waals surface area contributed by atoms with Crippen molar-refractivity contribution in [3.05, 3.63) is 88.1 Å². The lowest BCUT2D eigenvalue weighted by Crippen LogP contribution is -2.43. The van der Waals surface area contributed by atoms with Gasteiger partial charge in [-0.05, 0) is 66.2 Å². The van der Waals surface area contributed by atoms with Gasteiger partial charge < -0.3 is 14.4 Å². The lowest BCUT2D eigenvalue weighted by Gasteiger charge is -2.27. The zero-order valence-electron chi connectivity index (χ0n) is 22.4. The Balaban J connectivity index is 1.88. The smallest absolute Gasteiger partial charge is 0.416 e. The normalized spacial score (nSPS) is 11.9. The third-order valence-corrected chi connectivity index (χ3v) is 9.03. The Morgan fingerprint density at radius 2 is 1.80 bits per heavy atom. The van der Waals surface area contributed by atoms with Gasteiger partial charge in [0.2, 0.25) is 15.9 Å². The maximum absolute atomic E-state index is 13.6. The van der Waals surface area contributed by atoms with Gasteiger partial charge in [0.1, 0.15) is 0 Å². The van der Waals surface area contributed by atoms with Crippen molar-refractivity contribution < 1.29 is 35.9 Å². The highest BCUT2D eigenvalue weighted by molar-refractivity contribution is 7.89. The average molecular weight is 597 g/mol. The fourth-order valence-electron chi connectivity index (χ4n) is 3.96. The lowest BCUT2D eigenvalue weighted by atomic mass is 10.1. The number of thiophene rings is 1. The second kappa shape index (κ2) is 13.3. The molecule has 0 spiro atoms. The zero-order valence-corrected chi connectivity index (χ0v) is 24.0. The first-order valence-corrected chi connectivity index (χ1v) is 14.5. The second-order valence-corrected chi connectivity index (χ2v) is 11.8. The number of nitrogens with zero attached hydrogens (tertiary/aromatic N) is 2. The predicted octanol–water partition coefficient (Wildman–Crippen LogP) is 5.54. The number of hydrogen-bond donors (Lipinski definition) is 0. The van der Waals surface area contributed by atoms with Gasteiger partial charge in [-0.1, -0.05) is 18.2 Å². The molecule has 1 heterocycles. The number of rotatable bonds is 13. The number of methoxy groups -OCH3 is 2. The molecule has 0 aliphatic rings. The van der Waals surface area contributed by atoms with Crippen molar-refractivity contribution in [2.75, 3.05) is 33.9 Å². The topological polar surface area (TPSA) is 76.2 Å². The first-order chi connectivity index (χ1) is 18.9. The minimum atomic E-state index is -4.72. The van der Waals surface area contributed by atoms with E-state index in [2.05, 4.69) is 6.58 Å². The molecule has 0 bridgehead atoms. The van der Waals surface area contributed by atoms with Gasteiger partial charge in [0.05, 0.1) is 37.8 Å². The molecule has 3 aromatic rings. The first-order valence-electron chi connectivity index (χ1n) is 12.2. The standard InChI is InChI=1S/C28H31F3N2O5S2/c1-5-13-33(40(35,36)23-8-6-7-22(17-23)28(29,30)31)19-27(34)32(18-26-20(2)12-15-39-26)14-11-21-9-10-24(37-3)25(16-21)38-4/h5-10,12,15-17H,1,11,13-14,18-19H2,2-4H3. The van der Waals surface area contributed by atoms with Gasteiger partial charge in [-0.2, -0.15) is 17.5 Å². The molecule has 0 N–H and O–H groups in total. The largest absolute Gasteiger partial charge is 0.493 e. The molecule has 3 rings (SSSR count). The van der Waals surface area contributed by atoms with Gasteiger partial charge in [0.15, 0.2) is 11.5 Å². The summed E-state index contributed by atoms with van der Waals surface area (Å²) >= 11 is 1.48. The Morgan fingerprint density at radius 1 is 1.07 bits per heavy atom. The highest BCUT2D eigenvalue weighted by atomic mass is 32.2. The van der Waals surface area contributed by atoms with E-state index in [0.717, 1.165) is 38.5 Å². The monoisotopic (exact) mass is 596 g/mol. The molecule has 7 nitrogen and oxygen atoms in total. The number of sulfonamides is 1. The van der Waals surface area contributed by atoms with Crippen LogP contribution in [-0.2, 0) is 34.0 Å². The molecule has 0 fully saturated rings. The van der Waals surface area contributed by atoms with Gasteiger partial charge in [-0.15, -0.1) is 17.9 Å².